The molecular weight excluding hydrogens is 260 g/mol. The number of aromatic nitrogens is 2. The Labute approximate surface area is 117 Å². The number of piperidine rings is 1. The number of nitrogens with zero attached hydrogens (tertiary/aromatic N) is 4. The maximum Gasteiger partial charge on any atom is 0.381 e. The molecule has 0 spiro atoms. The number of nitro groups is 1. The smallest absolute Gasteiger partial charge is 0.358 e. The topological polar surface area (TPSA) is 81.3 Å². The normalized spacial score (nSPS) is 19.1. The van der Waals surface area contributed by atoms with Gasteiger partial charge in [-0.3, -0.25) is 9.36 Å². The summed E-state index contributed by atoms with van der Waals surface area (Å²) < 4.78 is 1.56. The van der Waals surface area contributed by atoms with E-state index in [1.807, 2.05) is 4.90 Å². The average molecular weight is 280 g/mol. The Hall–Kier alpha value is -1.92. The van der Waals surface area contributed by atoms with Crippen molar-refractivity contribution < 1.29 is 9.72 Å². The van der Waals surface area contributed by atoms with Crippen LogP contribution >= 0.6 is 0 Å². The fourth-order valence-corrected chi connectivity index (χ4v) is 2.73. The second kappa shape index (κ2) is 6.02. The van der Waals surface area contributed by atoms with Crippen molar-refractivity contribution in [3.05, 3.63) is 22.1 Å². The van der Waals surface area contributed by atoms with Crippen molar-refractivity contribution in [3.8, 4) is 0 Å². The van der Waals surface area contributed by atoms with Gasteiger partial charge in [0.1, 0.15) is 12.7 Å². The third-order valence-corrected chi connectivity index (χ3v) is 3.87. The van der Waals surface area contributed by atoms with Gasteiger partial charge in [0, 0.05) is 19.5 Å². The standard InChI is InChI=1S/C13H20N4O3/c1-3-11-6-4-5-7-16(11)13(18)9-15-8-12(17(19)20)14-10(15)2/h8,11H,3-7,9H2,1-2H3/t11-/m0/s1. The van der Waals surface area contributed by atoms with Crippen molar-refractivity contribution >= 4 is 11.7 Å². The first-order chi connectivity index (χ1) is 9.52. The van der Waals surface area contributed by atoms with E-state index >= 15 is 0 Å². The zero-order chi connectivity index (χ0) is 14.7. The zero-order valence-electron chi connectivity index (χ0n) is 11.9. The minimum atomic E-state index is -0.538. The van der Waals surface area contributed by atoms with Gasteiger partial charge in [-0.15, -0.1) is 0 Å². The highest BCUT2D eigenvalue weighted by Crippen LogP contribution is 2.20. The third-order valence-electron chi connectivity index (χ3n) is 3.87. The van der Waals surface area contributed by atoms with Crippen LogP contribution in [-0.2, 0) is 11.3 Å². The van der Waals surface area contributed by atoms with Gasteiger partial charge in [0.15, 0.2) is 0 Å². The van der Waals surface area contributed by atoms with E-state index in [0.29, 0.717) is 11.9 Å². The number of aryl methyl sites for hydroxylation is 1. The third kappa shape index (κ3) is 2.97. The fourth-order valence-electron chi connectivity index (χ4n) is 2.73. The van der Waals surface area contributed by atoms with Gasteiger partial charge in [-0.2, -0.15) is 0 Å². The number of hydrogen-bond donors (Lipinski definition) is 0. The second-order valence-electron chi connectivity index (χ2n) is 5.18. The van der Waals surface area contributed by atoms with Crippen LogP contribution < -0.4 is 0 Å². The van der Waals surface area contributed by atoms with Crippen LogP contribution in [0.4, 0.5) is 5.82 Å². The van der Waals surface area contributed by atoms with Crippen LogP contribution in [0.5, 0.6) is 0 Å². The summed E-state index contributed by atoms with van der Waals surface area (Å²) in [6.07, 6.45) is 5.53. The molecule has 1 atom stereocenters. The molecule has 1 aliphatic heterocycles. The van der Waals surface area contributed by atoms with E-state index in [-0.39, 0.29) is 18.3 Å². The zero-order valence-corrected chi connectivity index (χ0v) is 11.9. The Bertz CT molecular complexity index is 512. The molecule has 2 heterocycles. The van der Waals surface area contributed by atoms with E-state index < -0.39 is 4.92 Å². The van der Waals surface area contributed by atoms with Crippen molar-refractivity contribution in [1.29, 1.82) is 0 Å². The molecule has 1 amide bonds. The number of hydrogen-bond acceptors (Lipinski definition) is 4. The largest absolute Gasteiger partial charge is 0.381 e. The van der Waals surface area contributed by atoms with Crippen LogP contribution in [0.1, 0.15) is 38.4 Å². The predicted molar refractivity (Wildman–Crippen MR) is 73.3 cm³/mol. The number of amides is 1. The van der Waals surface area contributed by atoms with E-state index in [1.54, 1.807) is 11.5 Å². The molecule has 1 fully saturated rings. The summed E-state index contributed by atoms with van der Waals surface area (Å²) in [5.41, 5.74) is 0. The molecule has 0 radical (unpaired) electrons. The van der Waals surface area contributed by atoms with Gasteiger partial charge >= 0.3 is 5.82 Å². The van der Waals surface area contributed by atoms with Gasteiger partial charge in [0.05, 0.1) is 0 Å². The van der Waals surface area contributed by atoms with Gasteiger partial charge in [-0.1, -0.05) is 6.92 Å². The predicted octanol–water partition coefficient (Wildman–Crippen LogP) is 1.89. The van der Waals surface area contributed by atoms with Gasteiger partial charge in [-0.05, 0) is 35.6 Å². The van der Waals surface area contributed by atoms with Crippen LogP contribution in [0.3, 0.4) is 0 Å². The number of imidazole rings is 1. The summed E-state index contributed by atoms with van der Waals surface area (Å²) >= 11 is 0. The van der Waals surface area contributed by atoms with Gasteiger partial charge < -0.3 is 15.0 Å². The molecule has 1 saturated heterocycles. The maximum absolute atomic E-state index is 12.4. The highest BCUT2D eigenvalue weighted by Gasteiger charge is 2.26. The number of carbonyl (C=O) groups excluding carboxylic acids is 1. The lowest BCUT2D eigenvalue weighted by molar-refractivity contribution is -0.389. The molecule has 20 heavy (non-hydrogen) atoms. The molecule has 0 bridgehead atoms. The highest BCUT2D eigenvalue weighted by atomic mass is 16.6. The number of likely N-dealkylation sites (tertiary alicyclic amines) is 1. The van der Waals surface area contributed by atoms with Crippen molar-refractivity contribution in [1.82, 2.24) is 14.5 Å². The summed E-state index contributed by atoms with van der Waals surface area (Å²) in [5.74, 6) is 0.308. The molecule has 0 aliphatic carbocycles. The van der Waals surface area contributed by atoms with Crippen LogP contribution in [-0.4, -0.2) is 37.9 Å². The Kier molecular flexibility index (Phi) is 4.36. The SMILES string of the molecule is CC[C@H]1CCCCN1C(=O)Cn1cc([N+](=O)[O-])nc1C. The van der Waals surface area contributed by atoms with Crippen molar-refractivity contribution in [2.24, 2.45) is 0 Å². The maximum atomic E-state index is 12.4. The lowest BCUT2D eigenvalue weighted by Crippen LogP contribution is -2.44. The number of carbonyl (C=O) groups is 1. The van der Waals surface area contributed by atoms with E-state index in [0.717, 1.165) is 32.2 Å². The summed E-state index contributed by atoms with van der Waals surface area (Å²) in [5, 5.41) is 10.7. The summed E-state index contributed by atoms with van der Waals surface area (Å²) in [6, 6.07) is 0.301. The molecule has 0 aromatic carbocycles. The Morgan fingerprint density at radius 2 is 2.30 bits per heavy atom. The fraction of sp³-hybridized carbons (Fsp3) is 0.692. The second-order valence-corrected chi connectivity index (χ2v) is 5.18. The highest BCUT2D eigenvalue weighted by molar-refractivity contribution is 5.76. The molecule has 0 saturated carbocycles. The lowest BCUT2D eigenvalue weighted by atomic mass is 10.00. The first-order valence-corrected chi connectivity index (χ1v) is 7.00. The molecular formula is C13H20N4O3. The molecule has 1 aliphatic rings. The Balaban J connectivity index is 2.08. The summed E-state index contributed by atoms with van der Waals surface area (Å²) in [6.45, 7) is 4.67. The first-order valence-electron chi connectivity index (χ1n) is 7.00. The van der Waals surface area contributed by atoms with Gasteiger partial charge in [-0.25, -0.2) is 0 Å². The molecule has 7 heteroatoms. The molecule has 0 unspecified atom stereocenters. The van der Waals surface area contributed by atoms with Crippen LogP contribution in [0.2, 0.25) is 0 Å². The average Bonchev–Trinajstić information content (AvgIpc) is 2.80. The Morgan fingerprint density at radius 3 is 2.90 bits per heavy atom. The monoisotopic (exact) mass is 280 g/mol. The first kappa shape index (κ1) is 14.5. The van der Waals surface area contributed by atoms with Gasteiger partial charge in [0.2, 0.25) is 11.7 Å². The molecule has 1 aromatic rings. The minimum absolute atomic E-state index is 0.0203. The Morgan fingerprint density at radius 1 is 1.55 bits per heavy atom. The van der Waals surface area contributed by atoms with Crippen LogP contribution in [0, 0.1) is 17.0 Å². The van der Waals surface area contributed by atoms with Crippen molar-refractivity contribution in [2.75, 3.05) is 6.54 Å². The van der Waals surface area contributed by atoms with Crippen molar-refractivity contribution in [3.63, 3.8) is 0 Å². The van der Waals surface area contributed by atoms with E-state index in [4.69, 9.17) is 0 Å². The van der Waals surface area contributed by atoms with E-state index in [2.05, 4.69) is 11.9 Å². The van der Waals surface area contributed by atoms with Crippen molar-refractivity contribution in [2.45, 2.75) is 52.1 Å². The molecule has 0 N–H and O–H groups in total. The quantitative estimate of drug-likeness (QED) is 0.623. The molecule has 2 rings (SSSR count). The van der Waals surface area contributed by atoms with E-state index in [1.165, 1.54) is 6.20 Å². The van der Waals surface area contributed by atoms with Crippen LogP contribution in [0.25, 0.3) is 0 Å². The molecule has 110 valence electrons. The molecule has 7 nitrogen and oxygen atoms in total. The number of rotatable bonds is 4. The lowest BCUT2D eigenvalue weighted by Gasteiger charge is -2.35. The summed E-state index contributed by atoms with van der Waals surface area (Å²) in [4.78, 5) is 28.3. The van der Waals surface area contributed by atoms with E-state index in [9.17, 15) is 14.9 Å². The summed E-state index contributed by atoms with van der Waals surface area (Å²) in [7, 11) is 0. The minimum Gasteiger partial charge on any atom is -0.358 e. The molecule has 1 aromatic heterocycles. The van der Waals surface area contributed by atoms with Gasteiger partial charge in [0.25, 0.3) is 0 Å². The van der Waals surface area contributed by atoms with Crippen LogP contribution in [0.15, 0.2) is 6.20 Å².